The molecular weight excluding hydrogens is 568 g/mol. The fourth-order valence-corrected chi connectivity index (χ4v) is 4.01. The van der Waals surface area contributed by atoms with E-state index in [-0.39, 0.29) is 29.4 Å². The highest BCUT2D eigenvalue weighted by atomic mass is 16.7. The second-order valence-electron chi connectivity index (χ2n) is 11.1. The number of carbonyl (C=O) groups excluding carboxylic acids is 4. The Bertz CT molecular complexity index is 1400. The first-order valence-corrected chi connectivity index (χ1v) is 13.5. The lowest BCUT2D eigenvalue weighted by Crippen LogP contribution is -2.43. The number of rotatable bonds is 10. The van der Waals surface area contributed by atoms with E-state index in [0.29, 0.717) is 0 Å². The van der Waals surface area contributed by atoms with Gasteiger partial charge in [0.2, 0.25) is 12.4 Å². The van der Waals surface area contributed by atoms with Crippen molar-refractivity contribution in [1.82, 2.24) is 14.6 Å². The maximum absolute atomic E-state index is 12.4. The lowest BCUT2D eigenvalue weighted by atomic mass is 9.92. The topological polar surface area (TPSA) is 227 Å². The third-order valence-electron chi connectivity index (χ3n) is 6.58. The molecule has 234 valence electrons. The number of esters is 3. The van der Waals surface area contributed by atoms with E-state index in [0.717, 1.165) is 6.33 Å². The second-order valence-corrected chi connectivity index (χ2v) is 11.1. The summed E-state index contributed by atoms with van der Waals surface area (Å²) in [6, 6.07) is 3.86. The van der Waals surface area contributed by atoms with E-state index in [4.69, 9.17) is 29.4 Å². The molecule has 1 amide bonds. The monoisotopic (exact) mass is 604 g/mol. The number of aliphatic hydroxyl groups excluding tert-OH is 1. The second kappa shape index (κ2) is 13.3. The van der Waals surface area contributed by atoms with Crippen molar-refractivity contribution < 1.29 is 48.0 Å². The minimum atomic E-state index is -2.16. The molecule has 0 spiro atoms. The molecule has 1 saturated heterocycles. The van der Waals surface area contributed by atoms with Gasteiger partial charge in [-0.3, -0.25) is 19.7 Å². The van der Waals surface area contributed by atoms with Crippen molar-refractivity contribution in [3.05, 3.63) is 24.2 Å². The van der Waals surface area contributed by atoms with Gasteiger partial charge in [0.25, 0.3) is 0 Å². The third kappa shape index (κ3) is 7.19. The van der Waals surface area contributed by atoms with Crippen LogP contribution in [0.3, 0.4) is 0 Å². The Morgan fingerprint density at radius 1 is 1.23 bits per heavy atom. The summed E-state index contributed by atoms with van der Waals surface area (Å²) in [5, 5.41) is 28.2. The number of hydrogen-bond acceptors (Lipinski definition) is 14. The van der Waals surface area contributed by atoms with Crippen LogP contribution in [0, 0.1) is 22.7 Å². The summed E-state index contributed by atoms with van der Waals surface area (Å²) in [6.07, 6.45) is -4.35. The molecule has 0 aromatic carbocycles. The van der Waals surface area contributed by atoms with Crippen LogP contribution in [0.25, 0.3) is 5.52 Å². The molecule has 4 N–H and O–H groups in total. The van der Waals surface area contributed by atoms with Crippen LogP contribution in [-0.2, 0) is 43.7 Å². The molecule has 0 aliphatic carbocycles. The van der Waals surface area contributed by atoms with Crippen LogP contribution in [0.1, 0.15) is 53.7 Å². The molecule has 5 atom stereocenters. The summed E-state index contributed by atoms with van der Waals surface area (Å²) >= 11 is 0. The van der Waals surface area contributed by atoms with E-state index in [1.165, 1.54) is 16.6 Å². The van der Waals surface area contributed by atoms with Crippen molar-refractivity contribution >= 4 is 35.3 Å². The van der Waals surface area contributed by atoms with Crippen LogP contribution in [0.2, 0.25) is 0 Å². The number of anilines is 1. The maximum atomic E-state index is 12.4. The highest BCUT2D eigenvalue weighted by molar-refractivity contribution is 5.88. The zero-order valence-electron chi connectivity index (χ0n) is 24.7. The van der Waals surface area contributed by atoms with Gasteiger partial charge in [-0.15, -0.1) is 0 Å². The first-order valence-electron chi connectivity index (χ1n) is 13.5. The highest BCUT2D eigenvalue weighted by Crippen LogP contribution is 2.42. The molecule has 1 fully saturated rings. The average Bonchev–Trinajstić information content (AvgIpc) is 3.50. The van der Waals surface area contributed by atoms with E-state index in [2.05, 4.69) is 15.4 Å². The van der Waals surface area contributed by atoms with E-state index in [1.54, 1.807) is 41.5 Å². The molecule has 0 bridgehead atoms. The number of nitrogens with one attached hydrogen (secondary N) is 1. The van der Waals surface area contributed by atoms with Gasteiger partial charge in [-0.05, 0) is 38.8 Å². The van der Waals surface area contributed by atoms with Gasteiger partial charge >= 0.3 is 24.0 Å². The van der Waals surface area contributed by atoms with E-state index in [1.807, 2.05) is 6.07 Å². The van der Waals surface area contributed by atoms with Crippen LogP contribution in [0.4, 0.5) is 10.6 Å². The Balaban J connectivity index is 1.87. The van der Waals surface area contributed by atoms with Gasteiger partial charge < -0.3 is 34.5 Å². The van der Waals surface area contributed by atoms with Crippen LogP contribution >= 0.6 is 0 Å². The summed E-state index contributed by atoms with van der Waals surface area (Å²) in [5.74, 6) is -2.26. The van der Waals surface area contributed by atoms with E-state index < -0.39 is 72.8 Å². The number of fused-ring (bicyclic) bond motifs is 1. The fourth-order valence-electron chi connectivity index (χ4n) is 4.01. The fraction of sp³-hybridized carbons (Fsp3) is 0.593. The SMILES string of the molecule is CCC(=O)O[C@H]1[C@@H](O)[C@](C#N)(c2ccc3c(NC(=O)OCOC(=O)C(C)(C)C)ncnn23)O[C@@H]1COC(=O)C(N)C(C)C. The Labute approximate surface area is 247 Å². The lowest BCUT2D eigenvalue weighted by Gasteiger charge is -2.24. The molecule has 1 unspecified atom stereocenters. The first-order chi connectivity index (χ1) is 20.2. The smallest absolute Gasteiger partial charge is 0.415 e. The van der Waals surface area contributed by atoms with Gasteiger partial charge in [0.05, 0.1) is 11.1 Å². The molecule has 1 aliphatic heterocycles. The van der Waals surface area contributed by atoms with Gasteiger partial charge in [-0.2, -0.15) is 10.4 Å². The van der Waals surface area contributed by atoms with Crippen LogP contribution in [0.5, 0.6) is 0 Å². The number of amides is 1. The number of ether oxygens (including phenoxy) is 5. The zero-order valence-corrected chi connectivity index (χ0v) is 24.7. The van der Waals surface area contributed by atoms with Gasteiger partial charge in [-0.25, -0.2) is 14.3 Å². The normalized spacial score (nSPS) is 22.5. The summed E-state index contributed by atoms with van der Waals surface area (Å²) in [7, 11) is 0. The molecular formula is C27H36N6O10. The van der Waals surface area contributed by atoms with Gasteiger partial charge in [-0.1, -0.05) is 20.8 Å². The summed E-state index contributed by atoms with van der Waals surface area (Å²) < 4.78 is 27.7. The molecule has 2 aromatic rings. The molecule has 16 nitrogen and oxygen atoms in total. The van der Waals surface area contributed by atoms with E-state index >= 15 is 0 Å². The van der Waals surface area contributed by atoms with Crippen molar-refractivity contribution in [2.24, 2.45) is 17.1 Å². The molecule has 3 rings (SSSR count). The van der Waals surface area contributed by atoms with Crippen molar-refractivity contribution in [2.75, 3.05) is 18.7 Å². The molecule has 2 aromatic heterocycles. The predicted octanol–water partition coefficient (Wildman–Crippen LogP) is 1.15. The third-order valence-corrected chi connectivity index (χ3v) is 6.58. The molecule has 0 saturated carbocycles. The summed E-state index contributed by atoms with van der Waals surface area (Å²) in [5.41, 5.74) is 3.08. The van der Waals surface area contributed by atoms with Gasteiger partial charge in [0.1, 0.15) is 42.8 Å². The molecule has 1 aliphatic rings. The van der Waals surface area contributed by atoms with Crippen molar-refractivity contribution in [2.45, 2.75) is 77.9 Å². The van der Waals surface area contributed by atoms with Crippen LogP contribution in [0.15, 0.2) is 18.5 Å². The number of hydrogen-bond donors (Lipinski definition) is 3. The Hall–Kier alpha value is -4.33. The highest BCUT2D eigenvalue weighted by Gasteiger charge is 2.60. The van der Waals surface area contributed by atoms with Crippen molar-refractivity contribution in [1.29, 1.82) is 5.26 Å². The number of aromatic nitrogens is 3. The standard InChI is InChI=1S/C27H36N6O10/c1-7-18(34)42-20-16(10-39-23(36)19(29)14(2)3)43-27(11-28,21(20)35)17-9-8-15-22(30-12-31-33(15)17)32-25(38)41-13-40-24(37)26(4,5)6/h8-9,12,14,16,19-21,35H,7,10,13,29H2,1-6H3,(H,30,31,32,38)/t16-,19?,20-,21-,27+/m1/s1. The van der Waals surface area contributed by atoms with Crippen molar-refractivity contribution in [3.63, 3.8) is 0 Å². The molecule has 0 radical (unpaired) electrons. The summed E-state index contributed by atoms with van der Waals surface area (Å²) in [6.45, 7) is 8.83. The number of carbonyl (C=O) groups is 4. The molecule has 3 heterocycles. The van der Waals surface area contributed by atoms with Gasteiger partial charge in [0, 0.05) is 6.42 Å². The number of nitrogens with two attached hydrogens (primary N) is 1. The van der Waals surface area contributed by atoms with Crippen LogP contribution in [-0.4, -0.2) is 81.5 Å². The number of aliphatic hydroxyl groups is 1. The first kappa shape index (κ1) is 33.2. The van der Waals surface area contributed by atoms with Crippen LogP contribution < -0.4 is 11.1 Å². The average molecular weight is 605 g/mol. The number of nitrogens with zero attached hydrogens (tertiary/aromatic N) is 4. The summed E-state index contributed by atoms with van der Waals surface area (Å²) in [4.78, 5) is 52.8. The lowest BCUT2D eigenvalue weighted by molar-refractivity contribution is -0.162. The zero-order chi connectivity index (χ0) is 32.1. The van der Waals surface area contributed by atoms with E-state index in [9.17, 15) is 29.5 Å². The number of nitriles is 1. The largest absolute Gasteiger partial charge is 0.462 e. The van der Waals surface area contributed by atoms with Crippen molar-refractivity contribution in [3.8, 4) is 6.07 Å². The minimum Gasteiger partial charge on any atom is -0.462 e. The Kier molecular flexibility index (Phi) is 10.3. The predicted molar refractivity (Wildman–Crippen MR) is 146 cm³/mol. The Morgan fingerprint density at radius 2 is 1.93 bits per heavy atom. The quantitative estimate of drug-likeness (QED) is 0.196. The Morgan fingerprint density at radius 3 is 2.53 bits per heavy atom. The molecule has 43 heavy (non-hydrogen) atoms. The maximum Gasteiger partial charge on any atom is 0.415 e. The molecule has 16 heteroatoms. The minimum absolute atomic E-state index is 0.000630. The van der Waals surface area contributed by atoms with Gasteiger partial charge in [0.15, 0.2) is 11.9 Å².